The first kappa shape index (κ1) is 15.2. The van der Waals surface area contributed by atoms with Gasteiger partial charge >= 0.3 is 0 Å². The van der Waals surface area contributed by atoms with Gasteiger partial charge in [-0.1, -0.05) is 15.9 Å². The average Bonchev–Trinajstić information content (AvgIpc) is 2.53. The minimum Gasteiger partial charge on any atom is -0.493 e. The summed E-state index contributed by atoms with van der Waals surface area (Å²) in [5.74, 6) is 1.92. The van der Waals surface area contributed by atoms with E-state index in [2.05, 4.69) is 22.0 Å². The molecule has 0 saturated heterocycles. The molecular weight excluding hydrogens is 334 g/mol. The van der Waals surface area contributed by atoms with Gasteiger partial charge in [-0.3, -0.25) is 0 Å². The molecule has 0 radical (unpaired) electrons. The van der Waals surface area contributed by atoms with Crippen LogP contribution >= 0.6 is 15.9 Å². The van der Waals surface area contributed by atoms with Gasteiger partial charge in [0.15, 0.2) is 11.5 Å². The van der Waals surface area contributed by atoms with Crippen LogP contribution in [-0.2, 0) is 0 Å². The number of methoxy groups -OCH3 is 1. The molecule has 2 aromatic carbocycles. The number of benzene rings is 2. The molecular formula is C16H14BrNO3. The van der Waals surface area contributed by atoms with Crippen LogP contribution in [0, 0.1) is 11.3 Å². The second-order valence-corrected chi connectivity index (χ2v) is 5.04. The minimum absolute atomic E-state index is 0.387. The Balaban J connectivity index is 1.86. The molecule has 0 unspecified atom stereocenters. The van der Waals surface area contributed by atoms with Crippen LogP contribution in [0.5, 0.6) is 17.2 Å². The molecule has 2 rings (SSSR count). The molecule has 0 aliphatic carbocycles. The zero-order chi connectivity index (χ0) is 15.1. The fourth-order valence-electron chi connectivity index (χ4n) is 1.70. The summed E-state index contributed by atoms with van der Waals surface area (Å²) in [6, 6.07) is 14.7. The Kier molecular flexibility index (Phi) is 5.47. The van der Waals surface area contributed by atoms with Crippen LogP contribution in [0.2, 0.25) is 0 Å². The van der Waals surface area contributed by atoms with E-state index in [0.717, 1.165) is 10.2 Å². The maximum Gasteiger partial charge on any atom is 0.162 e. The predicted molar refractivity (Wildman–Crippen MR) is 82.8 cm³/mol. The van der Waals surface area contributed by atoms with Crippen molar-refractivity contribution in [1.82, 2.24) is 0 Å². The number of rotatable bonds is 6. The first-order valence-corrected chi connectivity index (χ1v) is 7.11. The zero-order valence-corrected chi connectivity index (χ0v) is 13.1. The second-order valence-electron chi connectivity index (χ2n) is 4.13. The van der Waals surface area contributed by atoms with Crippen molar-refractivity contribution in [3.05, 3.63) is 52.5 Å². The summed E-state index contributed by atoms with van der Waals surface area (Å²) in [6.07, 6.45) is 0. The Morgan fingerprint density at radius 2 is 1.71 bits per heavy atom. The van der Waals surface area contributed by atoms with Crippen molar-refractivity contribution >= 4 is 15.9 Å². The van der Waals surface area contributed by atoms with E-state index < -0.39 is 0 Å². The monoisotopic (exact) mass is 347 g/mol. The lowest BCUT2D eigenvalue weighted by molar-refractivity contribution is 0.211. The topological polar surface area (TPSA) is 51.5 Å². The summed E-state index contributed by atoms with van der Waals surface area (Å²) in [5, 5.41) is 8.84. The summed E-state index contributed by atoms with van der Waals surface area (Å²) in [7, 11) is 1.54. The summed E-state index contributed by atoms with van der Waals surface area (Å²) in [6.45, 7) is 0.809. The minimum atomic E-state index is 0.387. The molecule has 0 aliphatic rings. The van der Waals surface area contributed by atoms with Crippen LogP contribution < -0.4 is 14.2 Å². The molecule has 108 valence electrons. The van der Waals surface area contributed by atoms with Gasteiger partial charge in [-0.2, -0.15) is 5.26 Å². The third-order valence-electron chi connectivity index (χ3n) is 2.72. The van der Waals surface area contributed by atoms with Gasteiger partial charge in [-0.05, 0) is 36.4 Å². The molecule has 0 spiro atoms. The van der Waals surface area contributed by atoms with Crippen LogP contribution in [0.1, 0.15) is 5.56 Å². The predicted octanol–water partition coefficient (Wildman–Crippen LogP) is 3.79. The van der Waals surface area contributed by atoms with Gasteiger partial charge < -0.3 is 14.2 Å². The summed E-state index contributed by atoms with van der Waals surface area (Å²) in [5.41, 5.74) is 0.533. The normalized spacial score (nSPS) is 9.76. The van der Waals surface area contributed by atoms with Gasteiger partial charge in [0.05, 0.1) is 18.7 Å². The second kappa shape index (κ2) is 7.55. The van der Waals surface area contributed by atoms with Crippen molar-refractivity contribution < 1.29 is 14.2 Å². The van der Waals surface area contributed by atoms with Gasteiger partial charge in [-0.15, -0.1) is 0 Å². The molecule has 0 saturated carbocycles. The standard InChI is InChI=1S/C16H14BrNO3/c1-19-16-10-12(11-18)2-7-15(16)21-9-8-20-14-5-3-13(17)4-6-14/h2-7,10H,8-9H2,1H3. The summed E-state index contributed by atoms with van der Waals surface area (Å²) >= 11 is 3.37. The van der Waals surface area contributed by atoms with Gasteiger partial charge in [0.25, 0.3) is 0 Å². The molecule has 0 amide bonds. The highest BCUT2D eigenvalue weighted by molar-refractivity contribution is 9.10. The maximum absolute atomic E-state index is 8.84. The van der Waals surface area contributed by atoms with Crippen molar-refractivity contribution in [3.8, 4) is 23.3 Å². The maximum atomic E-state index is 8.84. The van der Waals surface area contributed by atoms with Crippen LogP contribution in [0.15, 0.2) is 46.9 Å². The van der Waals surface area contributed by atoms with E-state index in [0.29, 0.717) is 30.3 Å². The molecule has 0 aliphatic heterocycles. The van der Waals surface area contributed by atoms with E-state index in [4.69, 9.17) is 19.5 Å². The van der Waals surface area contributed by atoms with E-state index >= 15 is 0 Å². The van der Waals surface area contributed by atoms with E-state index in [9.17, 15) is 0 Å². The molecule has 0 bridgehead atoms. The van der Waals surface area contributed by atoms with Crippen LogP contribution in [0.3, 0.4) is 0 Å². The molecule has 0 heterocycles. The Labute approximate surface area is 132 Å². The molecule has 0 aromatic heterocycles. The first-order chi connectivity index (χ1) is 10.2. The quantitative estimate of drug-likeness (QED) is 0.746. The van der Waals surface area contributed by atoms with Crippen molar-refractivity contribution in [1.29, 1.82) is 5.26 Å². The number of nitriles is 1. The van der Waals surface area contributed by atoms with Crippen LogP contribution in [-0.4, -0.2) is 20.3 Å². The zero-order valence-electron chi connectivity index (χ0n) is 11.5. The third kappa shape index (κ3) is 4.40. The van der Waals surface area contributed by atoms with Crippen molar-refractivity contribution in [2.75, 3.05) is 20.3 Å². The molecule has 21 heavy (non-hydrogen) atoms. The van der Waals surface area contributed by atoms with E-state index in [1.54, 1.807) is 25.3 Å². The number of hydrogen-bond acceptors (Lipinski definition) is 4. The highest BCUT2D eigenvalue weighted by Crippen LogP contribution is 2.27. The SMILES string of the molecule is COc1cc(C#N)ccc1OCCOc1ccc(Br)cc1. The molecule has 0 fully saturated rings. The van der Waals surface area contributed by atoms with Gasteiger partial charge in [0, 0.05) is 10.5 Å². The van der Waals surface area contributed by atoms with Gasteiger partial charge in [0.1, 0.15) is 19.0 Å². The largest absolute Gasteiger partial charge is 0.493 e. The van der Waals surface area contributed by atoms with Gasteiger partial charge in [0.2, 0.25) is 0 Å². The molecule has 5 heteroatoms. The molecule has 0 atom stereocenters. The highest BCUT2D eigenvalue weighted by atomic mass is 79.9. The van der Waals surface area contributed by atoms with E-state index in [1.165, 1.54) is 0 Å². The lowest BCUT2D eigenvalue weighted by Crippen LogP contribution is -2.09. The molecule has 4 nitrogen and oxygen atoms in total. The summed E-state index contributed by atoms with van der Waals surface area (Å²) in [4.78, 5) is 0. The van der Waals surface area contributed by atoms with Crippen molar-refractivity contribution in [2.45, 2.75) is 0 Å². The fraction of sp³-hybridized carbons (Fsp3) is 0.188. The average molecular weight is 348 g/mol. The lowest BCUT2D eigenvalue weighted by atomic mass is 10.2. The Morgan fingerprint density at radius 3 is 2.38 bits per heavy atom. The smallest absolute Gasteiger partial charge is 0.162 e. The Morgan fingerprint density at radius 1 is 1.00 bits per heavy atom. The first-order valence-electron chi connectivity index (χ1n) is 6.32. The number of nitrogens with zero attached hydrogens (tertiary/aromatic N) is 1. The Bertz CT molecular complexity index is 635. The van der Waals surface area contributed by atoms with Crippen molar-refractivity contribution in [2.24, 2.45) is 0 Å². The number of ether oxygens (including phenoxy) is 3. The fourth-order valence-corrected chi connectivity index (χ4v) is 1.96. The molecule has 0 N–H and O–H groups in total. The Hall–Kier alpha value is -2.19. The number of halogens is 1. The van der Waals surface area contributed by atoms with Crippen molar-refractivity contribution in [3.63, 3.8) is 0 Å². The van der Waals surface area contributed by atoms with E-state index in [-0.39, 0.29) is 0 Å². The molecule has 2 aromatic rings. The van der Waals surface area contributed by atoms with Gasteiger partial charge in [-0.25, -0.2) is 0 Å². The van der Waals surface area contributed by atoms with E-state index in [1.807, 2.05) is 24.3 Å². The number of hydrogen-bond donors (Lipinski definition) is 0. The summed E-state index contributed by atoms with van der Waals surface area (Å²) < 4.78 is 17.4. The van der Waals surface area contributed by atoms with Crippen LogP contribution in [0.25, 0.3) is 0 Å². The third-order valence-corrected chi connectivity index (χ3v) is 3.24. The lowest BCUT2D eigenvalue weighted by Gasteiger charge is -2.11. The van der Waals surface area contributed by atoms with Crippen LogP contribution in [0.4, 0.5) is 0 Å². The highest BCUT2D eigenvalue weighted by Gasteiger charge is 2.05.